The maximum Gasteiger partial charge on any atom is 0.417 e. The molecule has 26 heavy (non-hydrogen) atoms. The second-order valence-corrected chi connectivity index (χ2v) is 9.27. The summed E-state index contributed by atoms with van der Waals surface area (Å²) in [5.74, 6) is -0.293. The Labute approximate surface area is 157 Å². The summed E-state index contributed by atoms with van der Waals surface area (Å²) >= 11 is 0. The van der Waals surface area contributed by atoms with E-state index >= 15 is 0 Å². The van der Waals surface area contributed by atoms with Gasteiger partial charge in [0.05, 0.1) is 0 Å². The highest BCUT2D eigenvalue weighted by molar-refractivity contribution is 4.94. The predicted octanol–water partition coefficient (Wildman–Crippen LogP) is 6.65. The molecule has 0 amide bonds. The van der Waals surface area contributed by atoms with E-state index in [0.717, 1.165) is 19.3 Å². The summed E-state index contributed by atoms with van der Waals surface area (Å²) in [5, 5.41) is 9.24. The van der Waals surface area contributed by atoms with E-state index in [2.05, 4.69) is 20.8 Å². The van der Waals surface area contributed by atoms with Gasteiger partial charge in [0.2, 0.25) is 0 Å². The van der Waals surface area contributed by atoms with E-state index in [1.165, 1.54) is 25.7 Å². The Kier molecular flexibility index (Phi) is 9.95. The standard InChI is InChI=1S/C21H39F3O2/c1-19(2,3)13-9-7-5-4-6-8-10-15-26-20(21(22,23)24)14-11-12-18(16-20)17-25/h18,25H,4-17H2,1-3H3. The quantitative estimate of drug-likeness (QED) is 0.406. The molecule has 0 heterocycles. The Morgan fingerprint density at radius 1 is 0.962 bits per heavy atom. The van der Waals surface area contributed by atoms with Crippen LogP contribution in [0.5, 0.6) is 0 Å². The number of hydrogen-bond acceptors (Lipinski definition) is 2. The van der Waals surface area contributed by atoms with Gasteiger partial charge in [0.1, 0.15) is 0 Å². The summed E-state index contributed by atoms with van der Waals surface area (Å²) in [5.41, 5.74) is -1.63. The second kappa shape index (κ2) is 10.9. The molecule has 5 heteroatoms. The Morgan fingerprint density at radius 3 is 2.08 bits per heavy atom. The first kappa shape index (κ1) is 23.7. The molecule has 0 bridgehead atoms. The number of rotatable bonds is 11. The summed E-state index contributed by atoms with van der Waals surface area (Å²) < 4.78 is 46.0. The largest absolute Gasteiger partial charge is 0.417 e. The molecule has 1 aliphatic rings. The lowest BCUT2D eigenvalue weighted by atomic mass is 9.77. The van der Waals surface area contributed by atoms with Gasteiger partial charge in [-0.1, -0.05) is 59.3 Å². The SMILES string of the molecule is CC(C)(C)CCCCCCCCCOC1(C(F)(F)F)CCCC(CO)C1. The van der Waals surface area contributed by atoms with Crippen molar-refractivity contribution in [1.82, 2.24) is 0 Å². The molecule has 1 rings (SSSR count). The number of halogens is 3. The van der Waals surface area contributed by atoms with Gasteiger partial charge in [-0.05, 0) is 49.9 Å². The molecular weight excluding hydrogens is 341 g/mol. The molecule has 0 saturated heterocycles. The summed E-state index contributed by atoms with van der Waals surface area (Å²) in [6, 6.07) is 0. The molecule has 2 atom stereocenters. The van der Waals surface area contributed by atoms with Crippen molar-refractivity contribution in [3.05, 3.63) is 0 Å². The molecule has 1 aliphatic carbocycles. The van der Waals surface area contributed by atoms with Crippen molar-refractivity contribution in [2.75, 3.05) is 13.2 Å². The zero-order valence-corrected chi connectivity index (χ0v) is 17.0. The highest BCUT2D eigenvalue weighted by atomic mass is 19.4. The van der Waals surface area contributed by atoms with Gasteiger partial charge >= 0.3 is 6.18 Å². The van der Waals surface area contributed by atoms with Crippen molar-refractivity contribution in [3.8, 4) is 0 Å². The summed E-state index contributed by atoms with van der Waals surface area (Å²) in [7, 11) is 0. The summed E-state index contributed by atoms with van der Waals surface area (Å²) in [4.78, 5) is 0. The van der Waals surface area contributed by atoms with Gasteiger partial charge in [-0.3, -0.25) is 0 Å². The fourth-order valence-electron chi connectivity index (χ4n) is 3.88. The van der Waals surface area contributed by atoms with Crippen LogP contribution < -0.4 is 0 Å². The van der Waals surface area contributed by atoms with Gasteiger partial charge in [0, 0.05) is 13.2 Å². The maximum absolute atomic E-state index is 13.5. The van der Waals surface area contributed by atoms with E-state index in [1.54, 1.807) is 0 Å². The van der Waals surface area contributed by atoms with Crippen LogP contribution in [0.15, 0.2) is 0 Å². The van der Waals surface area contributed by atoms with Crippen LogP contribution in [0, 0.1) is 11.3 Å². The normalized spacial score (nSPS) is 24.8. The minimum atomic E-state index is -4.35. The van der Waals surface area contributed by atoms with Crippen LogP contribution in [0.1, 0.15) is 97.8 Å². The van der Waals surface area contributed by atoms with Gasteiger partial charge in [-0.15, -0.1) is 0 Å². The third kappa shape index (κ3) is 8.60. The topological polar surface area (TPSA) is 29.5 Å². The summed E-state index contributed by atoms with van der Waals surface area (Å²) in [6.45, 7) is 6.76. The molecule has 0 aliphatic heterocycles. The van der Waals surface area contributed by atoms with Crippen molar-refractivity contribution < 1.29 is 23.0 Å². The van der Waals surface area contributed by atoms with E-state index < -0.39 is 11.8 Å². The number of aliphatic hydroxyl groups is 1. The lowest BCUT2D eigenvalue weighted by Gasteiger charge is -2.41. The first-order valence-corrected chi connectivity index (χ1v) is 10.4. The summed E-state index contributed by atoms with van der Waals surface area (Å²) in [6.07, 6.45) is 5.50. The molecule has 2 nitrogen and oxygen atoms in total. The van der Waals surface area contributed by atoms with Crippen molar-refractivity contribution in [1.29, 1.82) is 0 Å². The van der Waals surface area contributed by atoms with Crippen LogP contribution in [-0.2, 0) is 4.74 Å². The zero-order chi connectivity index (χ0) is 19.7. The van der Waals surface area contributed by atoms with E-state index in [1.807, 2.05) is 0 Å². The molecule has 2 unspecified atom stereocenters. The fraction of sp³-hybridized carbons (Fsp3) is 1.00. The molecule has 1 fully saturated rings. The molecule has 1 N–H and O–H groups in total. The van der Waals surface area contributed by atoms with Gasteiger partial charge in [0.15, 0.2) is 5.60 Å². The van der Waals surface area contributed by atoms with Crippen LogP contribution in [0.4, 0.5) is 13.2 Å². The van der Waals surface area contributed by atoms with Crippen molar-refractivity contribution >= 4 is 0 Å². The van der Waals surface area contributed by atoms with Gasteiger partial charge in [0.25, 0.3) is 0 Å². The van der Waals surface area contributed by atoms with E-state index in [9.17, 15) is 18.3 Å². The average molecular weight is 381 g/mol. The molecule has 0 spiro atoms. The second-order valence-electron chi connectivity index (χ2n) is 9.27. The molecule has 1 saturated carbocycles. The molecule has 0 radical (unpaired) electrons. The van der Waals surface area contributed by atoms with Crippen LogP contribution in [0.3, 0.4) is 0 Å². The van der Waals surface area contributed by atoms with E-state index in [0.29, 0.717) is 24.7 Å². The van der Waals surface area contributed by atoms with Crippen LogP contribution >= 0.6 is 0 Å². The zero-order valence-electron chi connectivity index (χ0n) is 17.0. The lowest BCUT2D eigenvalue weighted by molar-refractivity contribution is -0.293. The molecule has 0 aromatic heterocycles. The fourth-order valence-corrected chi connectivity index (χ4v) is 3.88. The van der Waals surface area contributed by atoms with Crippen LogP contribution in [0.25, 0.3) is 0 Å². The first-order chi connectivity index (χ1) is 12.1. The highest BCUT2D eigenvalue weighted by Crippen LogP contribution is 2.46. The number of aliphatic hydroxyl groups excluding tert-OH is 1. The van der Waals surface area contributed by atoms with E-state index in [4.69, 9.17) is 4.74 Å². The molecular formula is C21H39F3O2. The number of unbranched alkanes of at least 4 members (excludes halogenated alkanes) is 6. The third-order valence-electron chi connectivity index (χ3n) is 5.54. The molecule has 156 valence electrons. The molecule has 0 aromatic carbocycles. The van der Waals surface area contributed by atoms with Gasteiger partial charge < -0.3 is 9.84 Å². The highest BCUT2D eigenvalue weighted by Gasteiger charge is 2.57. The van der Waals surface area contributed by atoms with Gasteiger partial charge in [-0.2, -0.15) is 13.2 Å². The Bertz CT molecular complexity index is 376. The average Bonchev–Trinajstić information content (AvgIpc) is 2.54. The third-order valence-corrected chi connectivity index (χ3v) is 5.54. The van der Waals surface area contributed by atoms with Crippen LogP contribution in [-0.4, -0.2) is 30.1 Å². The molecule has 0 aromatic rings. The minimum Gasteiger partial charge on any atom is -0.396 e. The smallest absolute Gasteiger partial charge is 0.396 e. The maximum atomic E-state index is 13.5. The number of alkyl halides is 3. The first-order valence-electron chi connectivity index (χ1n) is 10.4. The van der Waals surface area contributed by atoms with Crippen LogP contribution in [0.2, 0.25) is 0 Å². The lowest BCUT2D eigenvalue weighted by Crippen LogP contribution is -2.51. The Morgan fingerprint density at radius 2 is 1.54 bits per heavy atom. The Hall–Kier alpha value is -0.290. The number of ether oxygens (including phenoxy) is 1. The van der Waals surface area contributed by atoms with Crippen molar-refractivity contribution in [2.45, 2.75) is 110 Å². The van der Waals surface area contributed by atoms with Crippen molar-refractivity contribution in [3.63, 3.8) is 0 Å². The minimum absolute atomic E-state index is 0.0285. The predicted molar refractivity (Wildman–Crippen MR) is 100 cm³/mol. The Balaban J connectivity index is 2.18. The van der Waals surface area contributed by atoms with E-state index in [-0.39, 0.29) is 32.0 Å². The number of hydrogen-bond donors (Lipinski definition) is 1. The monoisotopic (exact) mass is 380 g/mol. The van der Waals surface area contributed by atoms with Gasteiger partial charge in [-0.25, -0.2) is 0 Å². The van der Waals surface area contributed by atoms with Crippen molar-refractivity contribution in [2.24, 2.45) is 11.3 Å².